The van der Waals surface area contributed by atoms with Gasteiger partial charge in [0.05, 0.1) is 7.11 Å². The number of carbonyl (C=O) groups is 2. The van der Waals surface area contributed by atoms with Gasteiger partial charge >= 0.3 is 11.9 Å². The third kappa shape index (κ3) is 8.73. The van der Waals surface area contributed by atoms with E-state index in [0.29, 0.717) is 12.0 Å². The van der Waals surface area contributed by atoms with Crippen molar-refractivity contribution in [2.45, 2.75) is 71.3 Å². The van der Waals surface area contributed by atoms with Gasteiger partial charge in [-0.1, -0.05) is 52.0 Å². The fourth-order valence-electron chi connectivity index (χ4n) is 1.87. The van der Waals surface area contributed by atoms with E-state index in [4.69, 9.17) is 4.74 Å². The van der Waals surface area contributed by atoms with Crippen LogP contribution in [0.3, 0.4) is 0 Å². The normalized spacial score (nSPS) is 11.8. The predicted octanol–water partition coefficient (Wildman–Crippen LogP) is 3.79. The van der Waals surface area contributed by atoms with Crippen LogP contribution in [0.15, 0.2) is 12.2 Å². The molecule has 0 bridgehead atoms. The third-order valence-electron chi connectivity index (χ3n) is 3.13. The van der Waals surface area contributed by atoms with Gasteiger partial charge in [0.15, 0.2) is 6.10 Å². The van der Waals surface area contributed by atoms with Crippen LogP contribution in [0.5, 0.6) is 0 Å². The zero-order chi connectivity index (χ0) is 15.4. The first-order chi connectivity index (χ1) is 9.52. The summed E-state index contributed by atoms with van der Waals surface area (Å²) in [6.07, 6.45) is 7.77. The molecule has 0 rings (SSSR count). The molecule has 0 aromatic heterocycles. The second-order valence-electron chi connectivity index (χ2n) is 5.11. The standard InChI is InChI=1S/C16H28O4/c1-5-6-7-8-9-10-11-12-14(16(18)19-4)20-15(17)13(2)3/h14H,2,5-12H2,1,3-4H3. The Morgan fingerprint density at radius 3 is 2.10 bits per heavy atom. The van der Waals surface area contributed by atoms with Crippen LogP contribution in [0.2, 0.25) is 0 Å². The zero-order valence-electron chi connectivity index (χ0n) is 13.1. The molecule has 1 unspecified atom stereocenters. The maximum Gasteiger partial charge on any atom is 0.347 e. The van der Waals surface area contributed by atoms with Crippen molar-refractivity contribution in [1.82, 2.24) is 0 Å². The lowest BCUT2D eigenvalue weighted by Crippen LogP contribution is -2.28. The molecular formula is C16H28O4. The van der Waals surface area contributed by atoms with E-state index in [9.17, 15) is 9.59 Å². The lowest BCUT2D eigenvalue weighted by atomic mass is 10.1. The summed E-state index contributed by atoms with van der Waals surface area (Å²) in [6, 6.07) is 0. The largest absolute Gasteiger partial charge is 0.466 e. The molecule has 0 aliphatic rings. The highest BCUT2D eigenvalue weighted by molar-refractivity contribution is 5.89. The SMILES string of the molecule is C=C(C)C(=O)OC(CCCCCCCCC)C(=O)OC. The van der Waals surface area contributed by atoms with Crippen molar-refractivity contribution >= 4 is 11.9 Å². The van der Waals surface area contributed by atoms with Gasteiger partial charge in [-0.05, 0) is 19.8 Å². The molecule has 0 saturated carbocycles. The summed E-state index contributed by atoms with van der Waals surface area (Å²) in [5, 5.41) is 0. The van der Waals surface area contributed by atoms with Gasteiger partial charge in [0.1, 0.15) is 0 Å². The number of hydrogen-bond acceptors (Lipinski definition) is 4. The minimum absolute atomic E-state index is 0.290. The van der Waals surface area contributed by atoms with Crippen molar-refractivity contribution in [2.75, 3.05) is 7.11 Å². The summed E-state index contributed by atoms with van der Waals surface area (Å²) in [6.45, 7) is 7.26. The van der Waals surface area contributed by atoms with E-state index in [-0.39, 0.29) is 0 Å². The Balaban J connectivity index is 3.96. The minimum Gasteiger partial charge on any atom is -0.466 e. The summed E-state index contributed by atoms with van der Waals surface area (Å²) in [4.78, 5) is 23.0. The van der Waals surface area contributed by atoms with Crippen molar-refractivity contribution in [1.29, 1.82) is 0 Å². The number of unbranched alkanes of at least 4 members (excludes halogenated alkanes) is 6. The Morgan fingerprint density at radius 1 is 1.05 bits per heavy atom. The molecule has 0 spiro atoms. The molecule has 4 heteroatoms. The minimum atomic E-state index is -0.806. The van der Waals surface area contributed by atoms with Crippen molar-refractivity contribution in [2.24, 2.45) is 0 Å². The van der Waals surface area contributed by atoms with E-state index < -0.39 is 18.0 Å². The highest BCUT2D eigenvalue weighted by Gasteiger charge is 2.23. The zero-order valence-corrected chi connectivity index (χ0v) is 13.1. The van der Waals surface area contributed by atoms with Gasteiger partial charge < -0.3 is 9.47 Å². The average molecular weight is 284 g/mol. The molecule has 0 radical (unpaired) electrons. The number of hydrogen-bond donors (Lipinski definition) is 0. The first kappa shape index (κ1) is 18.7. The molecule has 20 heavy (non-hydrogen) atoms. The van der Waals surface area contributed by atoms with E-state index >= 15 is 0 Å². The number of esters is 2. The fourth-order valence-corrected chi connectivity index (χ4v) is 1.87. The van der Waals surface area contributed by atoms with Crippen LogP contribution in [0.1, 0.15) is 65.2 Å². The maximum atomic E-state index is 11.5. The number of carbonyl (C=O) groups excluding carboxylic acids is 2. The average Bonchev–Trinajstić information content (AvgIpc) is 2.43. The molecular weight excluding hydrogens is 256 g/mol. The molecule has 116 valence electrons. The number of rotatable bonds is 11. The molecule has 0 aliphatic carbocycles. The smallest absolute Gasteiger partial charge is 0.347 e. The molecule has 0 aromatic carbocycles. The molecule has 0 heterocycles. The Bertz CT molecular complexity index is 310. The van der Waals surface area contributed by atoms with Crippen LogP contribution < -0.4 is 0 Å². The Kier molecular flexibility index (Phi) is 10.7. The van der Waals surface area contributed by atoms with Gasteiger partial charge in [-0.15, -0.1) is 0 Å². The topological polar surface area (TPSA) is 52.6 Å². The van der Waals surface area contributed by atoms with Crippen LogP contribution in [0, 0.1) is 0 Å². The first-order valence-electron chi connectivity index (χ1n) is 7.47. The number of ether oxygens (including phenoxy) is 2. The molecule has 4 nitrogen and oxygen atoms in total. The second kappa shape index (κ2) is 11.5. The van der Waals surface area contributed by atoms with E-state index in [1.807, 2.05) is 0 Å². The van der Waals surface area contributed by atoms with E-state index in [0.717, 1.165) is 19.3 Å². The maximum absolute atomic E-state index is 11.5. The Morgan fingerprint density at radius 2 is 1.60 bits per heavy atom. The predicted molar refractivity (Wildman–Crippen MR) is 79.3 cm³/mol. The molecule has 0 amide bonds. The van der Waals surface area contributed by atoms with Crippen molar-refractivity contribution in [3.63, 3.8) is 0 Å². The lowest BCUT2D eigenvalue weighted by molar-refractivity contribution is -0.164. The molecule has 0 saturated heterocycles. The Hall–Kier alpha value is -1.32. The van der Waals surface area contributed by atoms with Crippen molar-refractivity contribution in [3.05, 3.63) is 12.2 Å². The van der Waals surface area contributed by atoms with E-state index in [1.165, 1.54) is 32.8 Å². The van der Waals surface area contributed by atoms with Crippen molar-refractivity contribution in [3.8, 4) is 0 Å². The molecule has 0 aliphatic heterocycles. The summed E-state index contributed by atoms with van der Waals surface area (Å²) in [7, 11) is 1.30. The van der Waals surface area contributed by atoms with Gasteiger partial charge in [0, 0.05) is 5.57 Å². The van der Waals surface area contributed by atoms with E-state index in [1.54, 1.807) is 6.92 Å². The molecule has 0 N–H and O–H groups in total. The quantitative estimate of drug-likeness (QED) is 0.329. The van der Waals surface area contributed by atoms with Gasteiger partial charge in [0.2, 0.25) is 0 Å². The highest BCUT2D eigenvalue weighted by Crippen LogP contribution is 2.13. The fraction of sp³-hybridized carbons (Fsp3) is 0.750. The monoisotopic (exact) mass is 284 g/mol. The van der Waals surface area contributed by atoms with Gasteiger partial charge in [0.25, 0.3) is 0 Å². The highest BCUT2D eigenvalue weighted by atomic mass is 16.6. The molecule has 1 atom stereocenters. The second-order valence-corrected chi connectivity index (χ2v) is 5.11. The summed E-state index contributed by atoms with van der Waals surface area (Å²) < 4.78 is 9.75. The van der Waals surface area contributed by atoms with Gasteiger partial charge in [-0.3, -0.25) is 0 Å². The van der Waals surface area contributed by atoms with Crippen LogP contribution in [0.4, 0.5) is 0 Å². The summed E-state index contributed by atoms with van der Waals surface area (Å²) in [5.41, 5.74) is 0.290. The van der Waals surface area contributed by atoms with Gasteiger partial charge in [-0.2, -0.15) is 0 Å². The van der Waals surface area contributed by atoms with Crippen molar-refractivity contribution < 1.29 is 19.1 Å². The van der Waals surface area contributed by atoms with Crippen LogP contribution >= 0.6 is 0 Å². The van der Waals surface area contributed by atoms with Gasteiger partial charge in [-0.25, -0.2) is 9.59 Å². The summed E-state index contributed by atoms with van der Waals surface area (Å²) in [5.74, 6) is -1.03. The first-order valence-corrected chi connectivity index (χ1v) is 7.47. The summed E-state index contributed by atoms with van der Waals surface area (Å²) >= 11 is 0. The third-order valence-corrected chi connectivity index (χ3v) is 3.13. The molecule has 0 fully saturated rings. The Labute approximate surface area is 122 Å². The van der Waals surface area contributed by atoms with Crippen LogP contribution in [-0.4, -0.2) is 25.2 Å². The lowest BCUT2D eigenvalue weighted by Gasteiger charge is -2.15. The molecule has 0 aromatic rings. The van der Waals surface area contributed by atoms with Crippen LogP contribution in [-0.2, 0) is 19.1 Å². The van der Waals surface area contributed by atoms with E-state index in [2.05, 4.69) is 18.2 Å². The van der Waals surface area contributed by atoms with Crippen LogP contribution in [0.25, 0.3) is 0 Å². The number of methoxy groups -OCH3 is 1.